The Hall–Kier alpha value is -1.77. The smallest absolute Gasteiger partial charge is 0.318 e. The Balaban J connectivity index is 2.02. The van der Waals surface area contributed by atoms with E-state index in [-0.39, 0.29) is 6.03 Å². The van der Waals surface area contributed by atoms with E-state index in [1.54, 1.807) is 0 Å². The minimum absolute atomic E-state index is 0.0133. The molecule has 1 aromatic carbocycles. The van der Waals surface area contributed by atoms with E-state index in [1.807, 2.05) is 42.2 Å². The molecule has 108 valence electrons. The summed E-state index contributed by atoms with van der Waals surface area (Å²) in [5.74, 6) is 0. The average molecular weight is 272 g/mol. The van der Waals surface area contributed by atoms with Crippen LogP contribution in [0.2, 0.25) is 0 Å². The predicted octanol–water partition coefficient (Wildman–Crippen LogP) is 4.35. The van der Waals surface area contributed by atoms with Crippen molar-refractivity contribution in [3.05, 3.63) is 42.5 Å². The topological polar surface area (TPSA) is 32.3 Å². The average Bonchev–Trinajstić information content (AvgIpc) is 2.48. The summed E-state index contributed by atoms with van der Waals surface area (Å²) in [6.07, 6.45) is 7.75. The molecule has 20 heavy (non-hydrogen) atoms. The van der Waals surface area contributed by atoms with E-state index in [9.17, 15) is 4.79 Å². The molecule has 0 heterocycles. The van der Waals surface area contributed by atoms with Crippen LogP contribution < -0.4 is 5.32 Å². The quantitative estimate of drug-likeness (QED) is 0.812. The first-order valence-electron chi connectivity index (χ1n) is 7.46. The van der Waals surface area contributed by atoms with Gasteiger partial charge in [0.05, 0.1) is 0 Å². The van der Waals surface area contributed by atoms with Crippen LogP contribution in [0.3, 0.4) is 0 Å². The van der Waals surface area contributed by atoms with E-state index in [0.717, 1.165) is 18.5 Å². The number of rotatable bonds is 4. The van der Waals surface area contributed by atoms with Gasteiger partial charge in [-0.1, -0.05) is 43.0 Å². The van der Waals surface area contributed by atoms with Gasteiger partial charge in [0.1, 0.15) is 0 Å². The standard InChI is InChI=1S/C17H24N2O/c1-3-13-19(16-7-5-4-6-8-16)17(20)18-15-11-9-14(2)10-12-15/h3,9-12,16H,1,4-8,13H2,2H3,(H,18,20). The first kappa shape index (κ1) is 14.6. The molecule has 0 saturated heterocycles. The molecule has 1 saturated carbocycles. The van der Waals surface area contributed by atoms with Gasteiger partial charge in [0, 0.05) is 18.3 Å². The highest BCUT2D eigenvalue weighted by Gasteiger charge is 2.24. The largest absolute Gasteiger partial charge is 0.322 e. The molecular formula is C17H24N2O. The van der Waals surface area contributed by atoms with E-state index in [4.69, 9.17) is 0 Å². The van der Waals surface area contributed by atoms with Crippen molar-refractivity contribution in [1.29, 1.82) is 0 Å². The second kappa shape index (κ2) is 7.13. The molecule has 0 atom stereocenters. The van der Waals surface area contributed by atoms with Crippen LogP contribution in [0.5, 0.6) is 0 Å². The third-order valence-electron chi connectivity index (χ3n) is 3.90. The molecule has 1 fully saturated rings. The Labute approximate surface area is 121 Å². The summed E-state index contributed by atoms with van der Waals surface area (Å²) < 4.78 is 0. The zero-order chi connectivity index (χ0) is 14.4. The molecule has 2 amide bonds. The maximum absolute atomic E-state index is 12.5. The van der Waals surface area contributed by atoms with Gasteiger partial charge in [0.15, 0.2) is 0 Å². The van der Waals surface area contributed by atoms with E-state index in [2.05, 4.69) is 11.9 Å². The summed E-state index contributed by atoms with van der Waals surface area (Å²) in [5.41, 5.74) is 2.05. The van der Waals surface area contributed by atoms with Crippen molar-refractivity contribution in [2.45, 2.75) is 45.1 Å². The molecule has 3 heteroatoms. The highest BCUT2D eigenvalue weighted by atomic mass is 16.2. The lowest BCUT2D eigenvalue weighted by Gasteiger charge is -2.33. The van der Waals surface area contributed by atoms with Crippen molar-refractivity contribution >= 4 is 11.7 Å². The predicted molar refractivity (Wildman–Crippen MR) is 84.0 cm³/mol. The molecule has 0 radical (unpaired) electrons. The monoisotopic (exact) mass is 272 g/mol. The van der Waals surface area contributed by atoms with Crippen molar-refractivity contribution in [3.8, 4) is 0 Å². The number of nitrogens with one attached hydrogen (secondary N) is 1. The Kier molecular flexibility index (Phi) is 5.22. The number of hydrogen-bond donors (Lipinski definition) is 1. The highest BCUT2D eigenvalue weighted by Crippen LogP contribution is 2.23. The summed E-state index contributed by atoms with van der Waals surface area (Å²) in [6.45, 7) is 6.43. The number of amides is 2. The van der Waals surface area contributed by atoms with Crippen LogP contribution in [0.25, 0.3) is 0 Å². The zero-order valence-electron chi connectivity index (χ0n) is 12.3. The van der Waals surface area contributed by atoms with E-state index >= 15 is 0 Å². The second-order valence-electron chi connectivity index (χ2n) is 5.53. The zero-order valence-corrected chi connectivity index (χ0v) is 12.3. The van der Waals surface area contributed by atoms with Gasteiger partial charge in [-0.15, -0.1) is 6.58 Å². The molecule has 0 bridgehead atoms. The van der Waals surface area contributed by atoms with Crippen LogP contribution in [0.15, 0.2) is 36.9 Å². The van der Waals surface area contributed by atoms with Gasteiger partial charge in [-0.3, -0.25) is 0 Å². The Bertz CT molecular complexity index is 447. The molecule has 1 aliphatic rings. The van der Waals surface area contributed by atoms with Gasteiger partial charge in [-0.05, 0) is 31.9 Å². The van der Waals surface area contributed by atoms with Gasteiger partial charge in [-0.2, -0.15) is 0 Å². The van der Waals surface area contributed by atoms with Gasteiger partial charge in [-0.25, -0.2) is 4.79 Å². The molecule has 1 aromatic rings. The number of aryl methyl sites for hydroxylation is 1. The summed E-state index contributed by atoms with van der Waals surface area (Å²) >= 11 is 0. The fourth-order valence-corrected chi connectivity index (χ4v) is 2.76. The lowest BCUT2D eigenvalue weighted by molar-refractivity contribution is 0.176. The van der Waals surface area contributed by atoms with Crippen molar-refractivity contribution in [1.82, 2.24) is 4.90 Å². The number of anilines is 1. The van der Waals surface area contributed by atoms with Gasteiger partial charge >= 0.3 is 6.03 Å². The molecule has 0 spiro atoms. The second-order valence-corrected chi connectivity index (χ2v) is 5.53. The van der Waals surface area contributed by atoms with Crippen LogP contribution in [0.4, 0.5) is 10.5 Å². The molecule has 0 aromatic heterocycles. The number of benzene rings is 1. The maximum Gasteiger partial charge on any atom is 0.322 e. The molecule has 3 nitrogen and oxygen atoms in total. The van der Waals surface area contributed by atoms with Crippen molar-refractivity contribution in [3.63, 3.8) is 0 Å². The molecule has 1 aliphatic carbocycles. The third-order valence-corrected chi connectivity index (χ3v) is 3.90. The molecular weight excluding hydrogens is 248 g/mol. The Morgan fingerprint density at radius 1 is 1.30 bits per heavy atom. The number of carbonyl (C=O) groups is 1. The SMILES string of the molecule is C=CCN(C(=O)Nc1ccc(C)cc1)C1CCCCC1. The minimum atomic E-state index is -0.0133. The van der Waals surface area contributed by atoms with Crippen LogP contribution in [-0.4, -0.2) is 23.5 Å². The number of hydrogen-bond acceptors (Lipinski definition) is 1. The Morgan fingerprint density at radius 3 is 2.55 bits per heavy atom. The minimum Gasteiger partial charge on any atom is -0.318 e. The van der Waals surface area contributed by atoms with Crippen LogP contribution in [0.1, 0.15) is 37.7 Å². The molecule has 0 aliphatic heterocycles. The number of nitrogens with zero attached hydrogens (tertiary/aromatic N) is 1. The lowest BCUT2D eigenvalue weighted by atomic mass is 9.94. The summed E-state index contributed by atoms with van der Waals surface area (Å²) in [4.78, 5) is 14.4. The Morgan fingerprint density at radius 2 is 1.95 bits per heavy atom. The fourth-order valence-electron chi connectivity index (χ4n) is 2.76. The van der Waals surface area contributed by atoms with Crippen molar-refractivity contribution < 1.29 is 4.79 Å². The van der Waals surface area contributed by atoms with Crippen LogP contribution in [-0.2, 0) is 0 Å². The number of carbonyl (C=O) groups excluding carboxylic acids is 1. The third kappa shape index (κ3) is 3.86. The van der Waals surface area contributed by atoms with E-state index in [1.165, 1.54) is 24.8 Å². The lowest BCUT2D eigenvalue weighted by Crippen LogP contribution is -2.43. The molecule has 2 rings (SSSR count). The van der Waals surface area contributed by atoms with Crippen LogP contribution in [0, 0.1) is 6.92 Å². The first-order chi connectivity index (χ1) is 9.70. The van der Waals surface area contributed by atoms with E-state index in [0.29, 0.717) is 12.6 Å². The first-order valence-corrected chi connectivity index (χ1v) is 7.46. The van der Waals surface area contributed by atoms with Crippen molar-refractivity contribution in [2.24, 2.45) is 0 Å². The fraction of sp³-hybridized carbons (Fsp3) is 0.471. The summed E-state index contributed by atoms with van der Waals surface area (Å²) in [6, 6.07) is 8.25. The molecule has 1 N–H and O–H groups in total. The number of urea groups is 1. The summed E-state index contributed by atoms with van der Waals surface area (Å²) in [7, 11) is 0. The van der Waals surface area contributed by atoms with Crippen LogP contribution >= 0.6 is 0 Å². The molecule has 0 unspecified atom stereocenters. The maximum atomic E-state index is 12.5. The van der Waals surface area contributed by atoms with Gasteiger partial charge < -0.3 is 10.2 Å². The highest BCUT2D eigenvalue weighted by molar-refractivity contribution is 5.89. The van der Waals surface area contributed by atoms with Gasteiger partial charge in [0.2, 0.25) is 0 Å². The van der Waals surface area contributed by atoms with Gasteiger partial charge in [0.25, 0.3) is 0 Å². The van der Waals surface area contributed by atoms with E-state index < -0.39 is 0 Å². The normalized spacial score (nSPS) is 15.7. The summed E-state index contributed by atoms with van der Waals surface area (Å²) in [5, 5.41) is 2.99. The van der Waals surface area contributed by atoms with Crippen molar-refractivity contribution in [2.75, 3.05) is 11.9 Å².